The fraction of sp³-hybridized carbons (Fsp3) is 0.440. The molecule has 2 N–H and O–H groups in total. The number of fused-ring (bicyclic) bond motifs is 5. The Bertz CT molecular complexity index is 1160. The van der Waals surface area contributed by atoms with Gasteiger partial charge in [0.1, 0.15) is 5.82 Å². The van der Waals surface area contributed by atoms with Crippen LogP contribution in [0.4, 0.5) is 10.5 Å². The van der Waals surface area contributed by atoms with Gasteiger partial charge in [0.2, 0.25) is 0 Å². The van der Waals surface area contributed by atoms with E-state index in [0.717, 1.165) is 53.8 Å². The van der Waals surface area contributed by atoms with Crippen molar-refractivity contribution >= 4 is 22.8 Å². The highest BCUT2D eigenvalue weighted by molar-refractivity contribution is 5.94. The molecule has 4 heterocycles. The molecule has 0 radical (unpaired) electrons. The lowest BCUT2D eigenvalue weighted by molar-refractivity contribution is 0.198. The molecule has 1 aromatic heterocycles. The molecular formula is C25H28N4O2. The first kappa shape index (κ1) is 18.9. The predicted octanol–water partition coefficient (Wildman–Crippen LogP) is 4.51. The molecule has 6 nitrogen and oxygen atoms in total. The van der Waals surface area contributed by atoms with E-state index in [1.54, 1.807) is 0 Å². The van der Waals surface area contributed by atoms with Crippen LogP contribution in [0.15, 0.2) is 42.5 Å². The van der Waals surface area contributed by atoms with Gasteiger partial charge in [0, 0.05) is 30.1 Å². The van der Waals surface area contributed by atoms with E-state index in [9.17, 15) is 9.90 Å². The molecule has 160 valence electrons. The van der Waals surface area contributed by atoms with Crippen molar-refractivity contribution in [3.63, 3.8) is 0 Å². The molecule has 6 heteroatoms. The van der Waals surface area contributed by atoms with Crippen LogP contribution in [0.1, 0.15) is 55.6 Å². The first-order valence-electron chi connectivity index (χ1n) is 11.4. The first-order chi connectivity index (χ1) is 15.1. The minimum atomic E-state index is -0.881. The van der Waals surface area contributed by atoms with Gasteiger partial charge in [-0.25, -0.2) is 9.78 Å². The van der Waals surface area contributed by atoms with Crippen molar-refractivity contribution < 1.29 is 9.90 Å². The number of nitrogens with zero attached hydrogens (tertiary/aromatic N) is 3. The third-order valence-corrected chi connectivity index (χ3v) is 7.54. The van der Waals surface area contributed by atoms with Crippen LogP contribution in [0.25, 0.3) is 11.0 Å². The first-order valence-corrected chi connectivity index (χ1v) is 11.4. The maximum atomic E-state index is 12.0. The van der Waals surface area contributed by atoms with Gasteiger partial charge in [0.15, 0.2) is 0 Å². The summed E-state index contributed by atoms with van der Waals surface area (Å²) < 4.78 is 2.47. The summed E-state index contributed by atoms with van der Waals surface area (Å²) in [6.07, 6.45) is 5.24. The monoisotopic (exact) mass is 416 g/mol. The van der Waals surface area contributed by atoms with Crippen molar-refractivity contribution in [3.8, 4) is 0 Å². The van der Waals surface area contributed by atoms with E-state index in [1.807, 2.05) is 19.1 Å². The van der Waals surface area contributed by atoms with Gasteiger partial charge in [0.25, 0.3) is 0 Å². The maximum absolute atomic E-state index is 12.0. The van der Waals surface area contributed by atoms with Crippen LogP contribution < -0.4 is 10.2 Å². The number of hydrogen-bond donors (Lipinski definition) is 2. The van der Waals surface area contributed by atoms with Gasteiger partial charge in [-0.05, 0) is 56.7 Å². The Hall–Kier alpha value is -2.86. The Labute approximate surface area is 181 Å². The van der Waals surface area contributed by atoms with Gasteiger partial charge >= 0.3 is 6.09 Å². The van der Waals surface area contributed by atoms with Gasteiger partial charge in [-0.2, -0.15) is 0 Å². The van der Waals surface area contributed by atoms with Crippen molar-refractivity contribution in [3.05, 3.63) is 59.4 Å². The minimum absolute atomic E-state index is 0.0110. The van der Waals surface area contributed by atoms with Crippen LogP contribution in [0.3, 0.4) is 0 Å². The lowest BCUT2D eigenvalue weighted by atomic mass is 9.94. The number of nitrogens with one attached hydrogen (secondary N) is 1. The number of imidazole rings is 1. The second-order valence-electron chi connectivity index (χ2n) is 9.38. The molecule has 2 saturated heterocycles. The second kappa shape index (κ2) is 7.09. The largest absolute Gasteiger partial charge is 0.465 e. The number of carboxylic acid groups (broad SMARTS) is 1. The summed E-state index contributed by atoms with van der Waals surface area (Å²) in [5, 5.41) is 13.6. The standard InChI is InChI=1S/C25H28N4O2/c1-15-7-9-18-20(28(15)25(30)31)11-12-21-24(18)27-23(13-16-5-3-2-4-6-16)29(21)22-14-17-8-10-19(22)26-17/h2-6,11-12,15,17,19,22,26H,7-10,13-14H2,1H3,(H,30,31)/t15-,17-,19+,22-/m0/s1. The number of carbonyl (C=O) groups is 1. The van der Waals surface area contributed by atoms with E-state index < -0.39 is 6.09 Å². The summed E-state index contributed by atoms with van der Waals surface area (Å²) in [6.45, 7) is 1.99. The van der Waals surface area contributed by atoms with Crippen LogP contribution >= 0.6 is 0 Å². The molecule has 3 aromatic rings. The lowest BCUT2D eigenvalue weighted by Crippen LogP contribution is -2.41. The van der Waals surface area contributed by atoms with Crippen molar-refractivity contribution in [2.45, 2.75) is 69.6 Å². The fourth-order valence-electron chi connectivity index (χ4n) is 6.09. The molecular weight excluding hydrogens is 388 g/mol. The van der Waals surface area contributed by atoms with E-state index in [-0.39, 0.29) is 6.04 Å². The quantitative estimate of drug-likeness (QED) is 0.659. The Balaban J connectivity index is 1.52. The molecule has 0 spiro atoms. The maximum Gasteiger partial charge on any atom is 0.412 e. The molecule has 2 fully saturated rings. The average Bonchev–Trinajstić information content (AvgIpc) is 3.47. The summed E-state index contributed by atoms with van der Waals surface area (Å²) in [5.74, 6) is 1.09. The zero-order valence-electron chi connectivity index (χ0n) is 17.8. The van der Waals surface area contributed by atoms with Crippen molar-refractivity contribution in [1.82, 2.24) is 14.9 Å². The molecule has 1 amide bonds. The highest BCUT2D eigenvalue weighted by Gasteiger charge is 2.42. The molecule has 0 aliphatic carbocycles. The zero-order chi connectivity index (χ0) is 21.1. The van der Waals surface area contributed by atoms with Crippen LogP contribution in [0, 0.1) is 0 Å². The van der Waals surface area contributed by atoms with Crippen LogP contribution in [0.5, 0.6) is 0 Å². The predicted molar refractivity (Wildman–Crippen MR) is 121 cm³/mol. The number of rotatable bonds is 3. The molecule has 0 unspecified atom stereocenters. The van der Waals surface area contributed by atoms with E-state index in [0.29, 0.717) is 18.1 Å². The molecule has 3 aliphatic rings. The highest BCUT2D eigenvalue weighted by Crippen LogP contribution is 2.42. The fourth-order valence-corrected chi connectivity index (χ4v) is 6.09. The van der Waals surface area contributed by atoms with Gasteiger partial charge in [0.05, 0.1) is 22.8 Å². The third kappa shape index (κ3) is 2.96. The Kier molecular flexibility index (Phi) is 4.32. The molecule has 31 heavy (non-hydrogen) atoms. The number of amides is 1. The molecule has 0 saturated carbocycles. The van der Waals surface area contributed by atoms with Crippen LogP contribution in [0.2, 0.25) is 0 Å². The number of aromatic nitrogens is 2. The Morgan fingerprint density at radius 3 is 2.71 bits per heavy atom. The summed E-state index contributed by atoms with van der Waals surface area (Å²) >= 11 is 0. The third-order valence-electron chi connectivity index (χ3n) is 7.54. The summed E-state index contributed by atoms with van der Waals surface area (Å²) in [7, 11) is 0. The minimum Gasteiger partial charge on any atom is -0.465 e. The molecule has 2 bridgehead atoms. The van der Waals surface area contributed by atoms with Crippen LogP contribution in [-0.4, -0.2) is 38.9 Å². The van der Waals surface area contributed by atoms with Gasteiger partial charge in [-0.1, -0.05) is 30.3 Å². The molecule has 3 aliphatic heterocycles. The molecule has 2 aromatic carbocycles. The van der Waals surface area contributed by atoms with E-state index in [4.69, 9.17) is 4.98 Å². The van der Waals surface area contributed by atoms with Crippen molar-refractivity contribution in [2.24, 2.45) is 0 Å². The van der Waals surface area contributed by atoms with E-state index >= 15 is 0 Å². The Morgan fingerprint density at radius 2 is 2.00 bits per heavy atom. The molecule has 6 rings (SSSR count). The summed E-state index contributed by atoms with van der Waals surface area (Å²) in [5.41, 5.74) is 5.29. The Morgan fingerprint density at radius 1 is 1.16 bits per heavy atom. The SMILES string of the molecule is C[C@H]1CCc2c(ccc3c2nc(Cc2ccccc2)n3[C@H]2C[C@@H]3CC[C@H]2N3)N1C(=O)O. The number of aryl methyl sites for hydroxylation is 1. The zero-order valence-corrected chi connectivity index (χ0v) is 17.8. The normalized spacial score (nSPS) is 27.1. The van der Waals surface area contributed by atoms with Crippen molar-refractivity contribution in [1.29, 1.82) is 0 Å². The summed E-state index contributed by atoms with van der Waals surface area (Å²) in [4.78, 5) is 18.7. The smallest absolute Gasteiger partial charge is 0.412 e. The number of hydrogen-bond acceptors (Lipinski definition) is 3. The second-order valence-corrected chi connectivity index (χ2v) is 9.38. The van der Waals surface area contributed by atoms with E-state index in [1.165, 1.54) is 23.3 Å². The van der Waals surface area contributed by atoms with E-state index in [2.05, 4.69) is 40.2 Å². The lowest BCUT2D eigenvalue weighted by Gasteiger charge is -2.33. The van der Waals surface area contributed by atoms with Gasteiger partial charge < -0.3 is 15.0 Å². The average molecular weight is 417 g/mol. The van der Waals surface area contributed by atoms with Crippen LogP contribution in [-0.2, 0) is 12.8 Å². The topological polar surface area (TPSA) is 70.4 Å². The highest BCUT2D eigenvalue weighted by atomic mass is 16.4. The number of anilines is 1. The van der Waals surface area contributed by atoms with Gasteiger partial charge in [-0.15, -0.1) is 0 Å². The summed E-state index contributed by atoms with van der Waals surface area (Å²) in [6, 6.07) is 16.2. The van der Waals surface area contributed by atoms with Gasteiger partial charge in [-0.3, -0.25) is 4.90 Å². The molecule has 4 atom stereocenters. The number of benzene rings is 2. The van der Waals surface area contributed by atoms with Crippen molar-refractivity contribution in [2.75, 3.05) is 4.90 Å².